The average Bonchev–Trinajstić information content (AvgIpc) is 2.48. The molecule has 0 spiro atoms. The van der Waals surface area contributed by atoms with E-state index in [4.69, 9.17) is 5.26 Å². The highest BCUT2D eigenvalue weighted by Gasteiger charge is 2.01. The van der Waals surface area contributed by atoms with Gasteiger partial charge in [-0.05, 0) is 18.9 Å². The molecule has 0 unspecified atom stereocenters. The molecule has 0 aromatic carbocycles. The molecule has 0 N–H and O–H groups in total. The van der Waals surface area contributed by atoms with Crippen LogP contribution in [0.3, 0.4) is 0 Å². The van der Waals surface area contributed by atoms with Gasteiger partial charge in [0.25, 0.3) is 0 Å². The summed E-state index contributed by atoms with van der Waals surface area (Å²) in [7, 11) is 0. The quantitative estimate of drug-likeness (QED) is 0.482. The van der Waals surface area contributed by atoms with E-state index in [1.165, 1.54) is 18.3 Å². The SMILES string of the molecule is CC(=O)c1cc(C#CC#N)cs1. The monoisotopic (exact) mass is 175 g/mol. The summed E-state index contributed by atoms with van der Waals surface area (Å²) in [6.07, 6.45) is 0. The largest absolute Gasteiger partial charge is 0.294 e. The highest BCUT2D eigenvalue weighted by molar-refractivity contribution is 7.12. The molecule has 0 fully saturated rings. The minimum atomic E-state index is 0.0324. The van der Waals surface area contributed by atoms with E-state index >= 15 is 0 Å². The zero-order valence-corrected chi connectivity index (χ0v) is 7.23. The van der Waals surface area contributed by atoms with Gasteiger partial charge in [-0.3, -0.25) is 4.79 Å². The van der Waals surface area contributed by atoms with E-state index < -0.39 is 0 Å². The van der Waals surface area contributed by atoms with Crippen LogP contribution in [0.25, 0.3) is 0 Å². The van der Waals surface area contributed by atoms with Crippen LogP contribution in [0.15, 0.2) is 11.4 Å². The van der Waals surface area contributed by atoms with Gasteiger partial charge in [0.05, 0.1) is 4.88 Å². The molecule has 0 aliphatic carbocycles. The molecule has 1 aromatic heterocycles. The number of hydrogen-bond donors (Lipinski definition) is 0. The van der Waals surface area contributed by atoms with Crippen molar-refractivity contribution in [3.05, 3.63) is 21.9 Å². The molecule has 0 amide bonds. The van der Waals surface area contributed by atoms with E-state index in [1.807, 2.05) is 0 Å². The van der Waals surface area contributed by atoms with Crippen molar-refractivity contribution >= 4 is 17.1 Å². The minimum absolute atomic E-state index is 0.0324. The number of rotatable bonds is 1. The van der Waals surface area contributed by atoms with Crippen molar-refractivity contribution in [3.63, 3.8) is 0 Å². The van der Waals surface area contributed by atoms with Crippen LogP contribution in [0, 0.1) is 23.2 Å². The number of carbonyl (C=O) groups is 1. The van der Waals surface area contributed by atoms with E-state index in [0.29, 0.717) is 4.88 Å². The van der Waals surface area contributed by atoms with Crippen LogP contribution in [-0.2, 0) is 0 Å². The third-order valence-corrected chi connectivity index (χ3v) is 2.24. The van der Waals surface area contributed by atoms with Gasteiger partial charge in [-0.15, -0.1) is 11.3 Å². The molecule has 1 rings (SSSR count). The second-order valence-corrected chi connectivity index (χ2v) is 3.03. The Labute approximate surface area is 74.4 Å². The Bertz CT molecular complexity index is 400. The molecule has 58 valence electrons. The molecule has 2 nitrogen and oxygen atoms in total. The first-order valence-corrected chi connectivity index (χ1v) is 4.11. The van der Waals surface area contributed by atoms with Gasteiger partial charge in [0.2, 0.25) is 0 Å². The molecule has 0 atom stereocenters. The van der Waals surface area contributed by atoms with Crippen LogP contribution >= 0.6 is 11.3 Å². The van der Waals surface area contributed by atoms with E-state index in [1.54, 1.807) is 17.5 Å². The van der Waals surface area contributed by atoms with Crippen molar-refractivity contribution in [2.45, 2.75) is 6.92 Å². The van der Waals surface area contributed by atoms with Crippen molar-refractivity contribution in [1.82, 2.24) is 0 Å². The third-order valence-electron chi connectivity index (χ3n) is 1.21. The van der Waals surface area contributed by atoms with Crippen LogP contribution < -0.4 is 0 Å². The van der Waals surface area contributed by atoms with E-state index in [9.17, 15) is 4.79 Å². The summed E-state index contributed by atoms with van der Waals surface area (Å²) >= 11 is 1.35. The molecule has 0 aliphatic heterocycles. The van der Waals surface area contributed by atoms with E-state index in [-0.39, 0.29) is 5.78 Å². The molecule has 0 bridgehead atoms. The molecule has 12 heavy (non-hydrogen) atoms. The van der Waals surface area contributed by atoms with Crippen LogP contribution in [0.5, 0.6) is 0 Å². The first-order chi connectivity index (χ1) is 5.74. The lowest BCUT2D eigenvalue weighted by molar-refractivity contribution is 0.102. The number of thiophene rings is 1. The van der Waals surface area contributed by atoms with Crippen LogP contribution in [0.4, 0.5) is 0 Å². The fraction of sp³-hybridized carbons (Fsp3) is 0.111. The summed E-state index contributed by atoms with van der Waals surface area (Å²) in [5, 5.41) is 9.92. The molecule has 0 aliphatic rings. The van der Waals surface area contributed by atoms with Crippen molar-refractivity contribution in [2.24, 2.45) is 0 Å². The van der Waals surface area contributed by atoms with Crippen molar-refractivity contribution in [3.8, 4) is 17.9 Å². The summed E-state index contributed by atoms with van der Waals surface area (Å²) in [5.74, 6) is 4.92. The Kier molecular flexibility index (Phi) is 2.63. The second kappa shape index (κ2) is 3.71. The maximum absolute atomic E-state index is 10.8. The van der Waals surface area contributed by atoms with E-state index in [2.05, 4.69) is 11.8 Å². The fourth-order valence-electron chi connectivity index (χ4n) is 0.687. The summed E-state index contributed by atoms with van der Waals surface area (Å²) in [5.41, 5.74) is 0.728. The molecule has 1 heterocycles. The Balaban J connectivity index is 2.94. The second-order valence-electron chi connectivity index (χ2n) is 2.12. The van der Waals surface area contributed by atoms with Crippen LogP contribution in [-0.4, -0.2) is 5.78 Å². The molecule has 3 heteroatoms. The number of ketones is 1. The summed E-state index contributed by atoms with van der Waals surface area (Å²) < 4.78 is 0. The topological polar surface area (TPSA) is 40.9 Å². The maximum Gasteiger partial charge on any atom is 0.169 e. The number of nitrogens with zero attached hydrogens (tertiary/aromatic N) is 1. The predicted molar refractivity (Wildman–Crippen MR) is 46.8 cm³/mol. The van der Waals surface area contributed by atoms with Gasteiger partial charge < -0.3 is 0 Å². The highest BCUT2D eigenvalue weighted by Crippen LogP contribution is 2.13. The number of hydrogen-bond acceptors (Lipinski definition) is 3. The lowest BCUT2D eigenvalue weighted by Crippen LogP contribution is -1.84. The fourth-order valence-corrected chi connectivity index (χ4v) is 1.43. The van der Waals surface area contributed by atoms with E-state index in [0.717, 1.165) is 5.56 Å². The summed E-state index contributed by atoms with van der Waals surface area (Å²) in [6.45, 7) is 1.51. The first-order valence-electron chi connectivity index (χ1n) is 3.23. The molecule has 1 aromatic rings. The predicted octanol–water partition coefficient (Wildman–Crippen LogP) is 1.83. The minimum Gasteiger partial charge on any atom is -0.294 e. The lowest BCUT2D eigenvalue weighted by atomic mass is 10.3. The lowest BCUT2D eigenvalue weighted by Gasteiger charge is -1.80. The first kappa shape index (κ1) is 8.52. The molecule has 0 saturated heterocycles. The Morgan fingerprint density at radius 3 is 2.92 bits per heavy atom. The van der Waals surface area contributed by atoms with Crippen LogP contribution in [0.2, 0.25) is 0 Å². The zero-order chi connectivity index (χ0) is 8.97. The van der Waals surface area contributed by atoms with Gasteiger partial charge in [0, 0.05) is 16.9 Å². The maximum atomic E-state index is 10.8. The third kappa shape index (κ3) is 1.95. The Morgan fingerprint density at radius 2 is 2.42 bits per heavy atom. The highest BCUT2D eigenvalue weighted by atomic mass is 32.1. The van der Waals surface area contributed by atoms with Crippen molar-refractivity contribution in [1.29, 1.82) is 5.26 Å². The molecular formula is C9H5NOS. The van der Waals surface area contributed by atoms with Gasteiger partial charge in [-0.1, -0.05) is 0 Å². The van der Waals surface area contributed by atoms with Gasteiger partial charge in [-0.25, -0.2) is 0 Å². The normalized spacial score (nSPS) is 8.00. The Hall–Kier alpha value is -1.58. The van der Waals surface area contributed by atoms with Gasteiger partial charge in [0.15, 0.2) is 11.9 Å². The number of nitriles is 1. The molecule has 0 radical (unpaired) electrons. The van der Waals surface area contributed by atoms with Gasteiger partial charge in [0.1, 0.15) is 0 Å². The zero-order valence-electron chi connectivity index (χ0n) is 6.42. The molecular weight excluding hydrogens is 170 g/mol. The Morgan fingerprint density at radius 1 is 1.67 bits per heavy atom. The smallest absolute Gasteiger partial charge is 0.169 e. The average molecular weight is 175 g/mol. The molecule has 0 saturated carbocycles. The van der Waals surface area contributed by atoms with Crippen LogP contribution in [0.1, 0.15) is 22.2 Å². The summed E-state index contributed by atoms with van der Waals surface area (Å²) in [6, 6.07) is 3.41. The number of Topliss-reactive ketones (excluding diaryl/α,β-unsaturated/α-hetero) is 1. The number of carbonyl (C=O) groups excluding carboxylic acids is 1. The van der Waals surface area contributed by atoms with Gasteiger partial charge >= 0.3 is 0 Å². The van der Waals surface area contributed by atoms with Crippen molar-refractivity contribution in [2.75, 3.05) is 0 Å². The summed E-state index contributed by atoms with van der Waals surface area (Å²) in [4.78, 5) is 11.5. The van der Waals surface area contributed by atoms with Gasteiger partial charge in [-0.2, -0.15) is 5.26 Å². The standard InChI is InChI=1S/C9H5NOS/c1-7(11)9-5-8(6-12-9)3-2-4-10/h5-6H,1H3. The van der Waals surface area contributed by atoms with Crippen molar-refractivity contribution < 1.29 is 4.79 Å².